The summed E-state index contributed by atoms with van der Waals surface area (Å²) in [6.07, 6.45) is 0. The number of hydrogen-bond acceptors (Lipinski definition) is 0. The SMILES string of the molecule is Cc1cc(CBr)c(Br)cc1Br. The fraction of sp³-hybridized carbons (Fsp3) is 0.250. The molecule has 0 unspecified atom stereocenters. The second kappa shape index (κ2) is 4.06. The number of halogens is 3. The minimum atomic E-state index is 0.891. The van der Waals surface area contributed by atoms with Gasteiger partial charge in [-0.25, -0.2) is 0 Å². The van der Waals surface area contributed by atoms with Crippen LogP contribution in [0.15, 0.2) is 21.1 Å². The van der Waals surface area contributed by atoms with Gasteiger partial charge in [0.05, 0.1) is 0 Å². The molecular weight excluding hydrogens is 336 g/mol. The van der Waals surface area contributed by atoms with E-state index in [2.05, 4.69) is 66.8 Å². The van der Waals surface area contributed by atoms with Crippen LogP contribution in [0.1, 0.15) is 11.1 Å². The van der Waals surface area contributed by atoms with Gasteiger partial charge >= 0.3 is 0 Å². The van der Waals surface area contributed by atoms with Crippen LogP contribution in [0.4, 0.5) is 0 Å². The van der Waals surface area contributed by atoms with Crippen molar-refractivity contribution in [1.29, 1.82) is 0 Å². The maximum absolute atomic E-state index is 3.48. The highest BCUT2D eigenvalue weighted by Crippen LogP contribution is 2.26. The van der Waals surface area contributed by atoms with Gasteiger partial charge in [0.2, 0.25) is 0 Å². The summed E-state index contributed by atoms with van der Waals surface area (Å²) in [7, 11) is 0. The van der Waals surface area contributed by atoms with Gasteiger partial charge in [-0.1, -0.05) is 53.9 Å². The minimum absolute atomic E-state index is 0.891. The highest BCUT2D eigenvalue weighted by Gasteiger charge is 2.01. The Labute approximate surface area is 91.8 Å². The van der Waals surface area contributed by atoms with Crippen LogP contribution < -0.4 is 0 Å². The fourth-order valence-electron chi connectivity index (χ4n) is 0.819. The molecular formula is C8H7Br3. The maximum atomic E-state index is 3.48. The Hall–Kier alpha value is 0.660. The molecule has 0 saturated heterocycles. The Kier molecular flexibility index (Phi) is 3.59. The molecule has 1 aromatic carbocycles. The molecule has 1 aromatic rings. The van der Waals surface area contributed by atoms with E-state index >= 15 is 0 Å². The summed E-state index contributed by atoms with van der Waals surface area (Å²) >= 11 is 10.4. The van der Waals surface area contributed by atoms with E-state index in [1.54, 1.807) is 0 Å². The fourth-order valence-corrected chi connectivity index (χ4v) is 2.79. The molecule has 0 fully saturated rings. The first-order valence-electron chi connectivity index (χ1n) is 3.15. The Morgan fingerprint density at radius 3 is 2.36 bits per heavy atom. The van der Waals surface area contributed by atoms with Crippen LogP contribution in [0.5, 0.6) is 0 Å². The maximum Gasteiger partial charge on any atom is 0.0294 e. The monoisotopic (exact) mass is 340 g/mol. The van der Waals surface area contributed by atoms with E-state index in [1.165, 1.54) is 11.1 Å². The van der Waals surface area contributed by atoms with Gasteiger partial charge < -0.3 is 0 Å². The van der Waals surface area contributed by atoms with E-state index < -0.39 is 0 Å². The van der Waals surface area contributed by atoms with Gasteiger partial charge in [-0.2, -0.15) is 0 Å². The molecule has 0 aromatic heterocycles. The van der Waals surface area contributed by atoms with E-state index in [-0.39, 0.29) is 0 Å². The van der Waals surface area contributed by atoms with Crippen molar-refractivity contribution in [3.05, 3.63) is 32.2 Å². The smallest absolute Gasteiger partial charge is 0.0294 e. The lowest BCUT2D eigenvalue weighted by molar-refractivity contribution is 1.32. The third-order valence-corrected chi connectivity index (χ3v) is 3.67. The molecule has 11 heavy (non-hydrogen) atoms. The molecule has 0 radical (unpaired) electrons. The summed E-state index contributed by atoms with van der Waals surface area (Å²) in [6, 6.07) is 4.23. The summed E-state index contributed by atoms with van der Waals surface area (Å²) in [5.74, 6) is 0. The predicted octanol–water partition coefficient (Wildman–Crippen LogP) is 4.41. The first kappa shape index (κ1) is 9.75. The van der Waals surface area contributed by atoms with Gasteiger partial charge in [-0.05, 0) is 24.1 Å². The molecule has 0 aliphatic rings. The van der Waals surface area contributed by atoms with Crippen LogP contribution in [0.25, 0.3) is 0 Å². The predicted molar refractivity (Wildman–Crippen MR) is 59.2 cm³/mol. The lowest BCUT2D eigenvalue weighted by atomic mass is 10.2. The Morgan fingerprint density at radius 1 is 1.18 bits per heavy atom. The van der Waals surface area contributed by atoms with E-state index in [1.807, 2.05) is 0 Å². The molecule has 1 rings (SSSR count). The summed E-state index contributed by atoms with van der Waals surface area (Å²) in [4.78, 5) is 0. The standard InChI is InChI=1S/C8H7Br3/c1-5-2-6(4-9)8(11)3-7(5)10/h2-3H,4H2,1H3. The Morgan fingerprint density at radius 2 is 1.82 bits per heavy atom. The molecule has 0 amide bonds. The Bertz CT molecular complexity index is 268. The van der Waals surface area contributed by atoms with Crippen LogP contribution in [0.3, 0.4) is 0 Å². The van der Waals surface area contributed by atoms with Crippen LogP contribution in [0.2, 0.25) is 0 Å². The lowest BCUT2D eigenvalue weighted by Crippen LogP contribution is -1.83. The molecule has 0 atom stereocenters. The molecule has 0 heterocycles. The van der Waals surface area contributed by atoms with Crippen molar-refractivity contribution >= 4 is 47.8 Å². The third kappa shape index (κ3) is 2.30. The summed E-state index contributed by atoms with van der Waals surface area (Å²) < 4.78 is 2.29. The van der Waals surface area contributed by atoms with Gasteiger partial charge in [0.15, 0.2) is 0 Å². The van der Waals surface area contributed by atoms with Gasteiger partial charge in [0.25, 0.3) is 0 Å². The summed E-state index contributed by atoms with van der Waals surface area (Å²) in [5, 5.41) is 0.891. The third-order valence-electron chi connectivity index (χ3n) is 1.47. The highest BCUT2D eigenvalue weighted by atomic mass is 79.9. The van der Waals surface area contributed by atoms with Crippen molar-refractivity contribution in [2.24, 2.45) is 0 Å². The zero-order valence-corrected chi connectivity index (χ0v) is 10.8. The molecule has 0 aliphatic carbocycles. The topological polar surface area (TPSA) is 0 Å². The molecule has 60 valence electrons. The van der Waals surface area contributed by atoms with Crippen LogP contribution in [-0.2, 0) is 5.33 Å². The molecule has 0 N–H and O–H groups in total. The van der Waals surface area contributed by atoms with Crippen LogP contribution in [0, 0.1) is 6.92 Å². The van der Waals surface area contributed by atoms with E-state index in [4.69, 9.17) is 0 Å². The summed E-state index contributed by atoms with van der Waals surface area (Å²) in [6.45, 7) is 2.09. The second-order valence-electron chi connectivity index (χ2n) is 2.33. The van der Waals surface area contributed by atoms with Crippen molar-refractivity contribution in [1.82, 2.24) is 0 Å². The number of rotatable bonds is 1. The van der Waals surface area contributed by atoms with Crippen LogP contribution >= 0.6 is 47.8 Å². The van der Waals surface area contributed by atoms with Gasteiger partial charge in [-0.15, -0.1) is 0 Å². The van der Waals surface area contributed by atoms with Crippen LogP contribution in [-0.4, -0.2) is 0 Å². The van der Waals surface area contributed by atoms with Gasteiger partial charge in [0, 0.05) is 14.3 Å². The van der Waals surface area contributed by atoms with Crippen molar-refractivity contribution < 1.29 is 0 Å². The summed E-state index contributed by atoms with van der Waals surface area (Å²) in [5.41, 5.74) is 2.55. The molecule has 0 aliphatic heterocycles. The highest BCUT2D eigenvalue weighted by molar-refractivity contribution is 9.11. The van der Waals surface area contributed by atoms with E-state index in [0.717, 1.165) is 14.3 Å². The molecule has 0 spiro atoms. The zero-order valence-electron chi connectivity index (χ0n) is 6.00. The van der Waals surface area contributed by atoms with E-state index in [0.29, 0.717) is 0 Å². The van der Waals surface area contributed by atoms with E-state index in [9.17, 15) is 0 Å². The largest absolute Gasteiger partial charge is 0.0876 e. The second-order valence-corrected chi connectivity index (χ2v) is 4.60. The quantitative estimate of drug-likeness (QED) is 0.663. The van der Waals surface area contributed by atoms with Crippen molar-refractivity contribution in [3.63, 3.8) is 0 Å². The first-order valence-corrected chi connectivity index (χ1v) is 5.86. The van der Waals surface area contributed by atoms with Crippen molar-refractivity contribution in [3.8, 4) is 0 Å². The average molecular weight is 343 g/mol. The number of hydrogen-bond donors (Lipinski definition) is 0. The lowest BCUT2D eigenvalue weighted by Gasteiger charge is -2.03. The number of alkyl halides is 1. The van der Waals surface area contributed by atoms with Crippen molar-refractivity contribution in [2.45, 2.75) is 12.3 Å². The number of aryl methyl sites for hydroxylation is 1. The normalized spacial score (nSPS) is 10.2. The van der Waals surface area contributed by atoms with Gasteiger partial charge in [-0.3, -0.25) is 0 Å². The zero-order chi connectivity index (χ0) is 8.43. The minimum Gasteiger partial charge on any atom is -0.0876 e. The van der Waals surface area contributed by atoms with Gasteiger partial charge in [0.1, 0.15) is 0 Å². The number of benzene rings is 1. The molecule has 0 saturated carbocycles. The van der Waals surface area contributed by atoms with Crippen molar-refractivity contribution in [2.75, 3.05) is 0 Å². The molecule has 3 heteroatoms. The molecule has 0 nitrogen and oxygen atoms in total. The molecule has 0 bridgehead atoms. The average Bonchev–Trinajstić information content (AvgIpc) is 1.97. The first-order chi connectivity index (χ1) is 5.15. The Balaban J connectivity index is 3.21.